The number of aromatic nitrogens is 5. The van der Waals surface area contributed by atoms with E-state index in [0.29, 0.717) is 23.3 Å². The zero-order valence-corrected chi connectivity index (χ0v) is 17.3. The second-order valence-electron chi connectivity index (χ2n) is 5.70. The van der Waals surface area contributed by atoms with Gasteiger partial charge >= 0.3 is 0 Å². The lowest BCUT2D eigenvalue weighted by molar-refractivity contribution is 0.417. The largest absolute Gasteiger partial charge is 0.495 e. The third-order valence-electron chi connectivity index (χ3n) is 3.59. The number of hydrogen-bond acceptors (Lipinski definition) is 11. The van der Waals surface area contributed by atoms with Gasteiger partial charge in [0, 0.05) is 6.54 Å². The highest BCUT2D eigenvalue weighted by atomic mass is 32.2. The van der Waals surface area contributed by atoms with Gasteiger partial charge in [0.25, 0.3) is 0 Å². The number of nitrogen functional groups attached to an aromatic ring is 1. The van der Waals surface area contributed by atoms with E-state index in [2.05, 4.69) is 42.7 Å². The molecule has 0 unspecified atom stereocenters. The van der Waals surface area contributed by atoms with Crippen LogP contribution in [0.15, 0.2) is 28.6 Å². The number of rotatable bonds is 10. The molecule has 9 nitrogen and oxygen atoms in total. The van der Waals surface area contributed by atoms with Gasteiger partial charge in [0.1, 0.15) is 11.6 Å². The zero-order chi connectivity index (χ0) is 19.8. The number of nitrogens with two attached hydrogens (primary N) is 1. The van der Waals surface area contributed by atoms with Crippen LogP contribution in [0, 0.1) is 0 Å². The van der Waals surface area contributed by atoms with Crippen molar-refractivity contribution >= 4 is 45.8 Å². The molecule has 0 fully saturated rings. The number of unbranched alkanes of at least 4 members (excludes halogenated alkanes) is 1. The number of para-hydroxylation sites is 2. The monoisotopic (exact) mass is 418 g/mol. The van der Waals surface area contributed by atoms with Crippen molar-refractivity contribution in [1.29, 1.82) is 0 Å². The lowest BCUT2D eigenvalue weighted by Crippen LogP contribution is -2.07. The fourth-order valence-electron chi connectivity index (χ4n) is 2.26. The SMILES string of the molecule is CCCCNc1nnc(SCc2nc(N)nc(Nc3ccccc3OC)n2)s1. The number of ether oxygens (including phenoxy) is 1. The van der Waals surface area contributed by atoms with E-state index in [4.69, 9.17) is 10.5 Å². The van der Waals surface area contributed by atoms with Gasteiger partial charge in [-0.15, -0.1) is 10.2 Å². The van der Waals surface area contributed by atoms with Crippen LogP contribution in [0.1, 0.15) is 25.6 Å². The summed E-state index contributed by atoms with van der Waals surface area (Å²) in [6, 6.07) is 7.52. The Bertz CT molecular complexity index is 904. The summed E-state index contributed by atoms with van der Waals surface area (Å²) < 4.78 is 6.18. The molecule has 0 saturated heterocycles. The maximum Gasteiger partial charge on any atom is 0.232 e. The minimum absolute atomic E-state index is 0.155. The van der Waals surface area contributed by atoms with Crippen molar-refractivity contribution in [1.82, 2.24) is 25.1 Å². The van der Waals surface area contributed by atoms with Gasteiger partial charge in [-0.25, -0.2) is 0 Å². The van der Waals surface area contributed by atoms with Gasteiger partial charge < -0.3 is 21.1 Å². The summed E-state index contributed by atoms with van der Waals surface area (Å²) in [5.74, 6) is 2.28. The highest BCUT2D eigenvalue weighted by Gasteiger charge is 2.10. The van der Waals surface area contributed by atoms with Crippen LogP contribution in [0.25, 0.3) is 0 Å². The molecule has 0 radical (unpaired) electrons. The van der Waals surface area contributed by atoms with E-state index in [-0.39, 0.29) is 5.95 Å². The predicted octanol–water partition coefficient (Wildman–Crippen LogP) is 3.56. The number of hydrogen-bond donors (Lipinski definition) is 3. The Morgan fingerprint density at radius 2 is 2.04 bits per heavy atom. The van der Waals surface area contributed by atoms with Crippen molar-refractivity contribution in [3.05, 3.63) is 30.1 Å². The first kappa shape index (κ1) is 20.1. The normalized spacial score (nSPS) is 10.6. The molecule has 0 spiro atoms. The van der Waals surface area contributed by atoms with Gasteiger partial charge in [-0.05, 0) is 18.6 Å². The maximum atomic E-state index is 5.85. The molecule has 0 aliphatic rings. The Morgan fingerprint density at radius 3 is 2.86 bits per heavy atom. The third kappa shape index (κ3) is 5.67. The first-order valence-electron chi connectivity index (χ1n) is 8.78. The Morgan fingerprint density at radius 1 is 1.18 bits per heavy atom. The van der Waals surface area contributed by atoms with Crippen molar-refractivity contribution < 1.29 is 4.74 Å². The van der Waals surface area contributed by atoms with E-state index in [9.17, 15) is 0 Å². The van der Waals surface area contributed by atoms with Crippen LogP contribution < -0.4 is 21.1 Å². The fraction of sp³-hybridized carbons (Fsp3) is 0.353. The molecular weight excluding hydrogens is 396 g/mol. The molecule has 0 aliphatic heterocycles. The summed E-state index contributed by atoms with van der Waals surface area (Å²) in [6.07, 6.45) is 2.24. The van der Waals surface area contributed by atoms with Crippen molar-refractivity contribution in [2.75, 3.05) is 30.0 Å². The van der Waals surface area contributed by atoms with Crippen LogP contribution in [0.4, 0.5) is 22.7 Å². The summed E-state index contributed by atoms with van der Waals surface area (Å²) in [7, 11) is 1.61. The van der Waals surface area contributed by atoms with Gasteiger partial charge in [0.05, 0.1) is 18.6 Å². The predicted molar refractivity (Wildman–Crippen MR) is 113 cm³/mol. The topological polar surface area (TPSA) is 124 Å². The molecule has 2 aromatic heterocycles. The number of benzene rings is 1. The molecule has 148 valence electrons. The minimum atomic E-state index is 0.155. The van der Waals surface area contributed by atoms with Crippen LogP contribution >= 0.6 is 23.1 Å². The highest BCUT2D eigenvalue weighted by molar-refractivity contribution is 8.00. The zero-order valence-electron chi connectivity index (χ0n) is 15.7. The van der Waals surface area contributed by atoms with Gasteiger partial charge in [0.15, 0.2) is 4.34 Å². The molecule has 4 N–H and O–H groups in total. The quantitative estimate of drug-likeness (QED) is 0.332. The molecule has 0 bridgehead atoms. The molecule has 3 rings (SSSR count). The summed E-state index contributed by atoms with van der Waals surface area (Å²) in [5, 5.41) is 15.5. The van der Waals surface area contributed by atoms with Crippen molar-refractivity contribution in [3.63, 3.8) is 0 Å². The molecule has 0 amide bonds. The smallest absolute Gasteiger partial charge is 0.232 e. The first-order valence-corrected chi connectivity index (χ1v) is 10.6. The van der Waals surface area contributed by atoms with Crippen molar-refractivity contribution in [2.45, 2.75) is 29.9 Å². The van der Waals surface area contributed by atoms with Crippen molar-refractivity contribution in [2.24, 2.45) is 0 Å². The lowest BCUT2D eigenvalue weighted by Gasteiger charge is -2.10. The molecule has 11 heteroatoms. The average Bonchev–Trinajstić information content (AvgIpc) is 3.14. The number of methoxy groups -OCH3 is 1. The van der Waals surface area contributed by atoms with Crippen LogP contribution in [-0.2, 0) is 5.75 Å². The lowest BCUT2D eigenvalue weighted by atomic mass is 10.3. The number of nitrogens with one attached hydrogen (secondary N) is 2. The van der Waals surface area contributed by atoms with Crippen molar-refractivity contribution in [3.8, 4) is 5.75 Å². The minimum Gasteiger partial charge on any atom is -0.495 e. The molecule has 0 saturated carbocycles. The van der Waals surface area contributed by atoms with Crippen LogP contribution in [0.3, 0.4) is 0 Å². The maximum absolute atomic E-state index is 5.85. The second kappa shape index (κ2) is 10.0. The summed E-state index contributed by atoms with van der Waals surface area (Å²) in [4.78, 5) is 12.8. The Balaban J connectivity index is 1.63. The van der Waals surface area contributed by atoms with Gasteiger partial charge in [-0.1, -0.05) is 48.6 Å². The van der Waals surface area contributed by atoms with E-state index >= 15 is 0 Å². The van der Waals surface area contributed by atoms with Crippen LogP contribution in [-0.4, -0.2) is 38.8 Å². The average molecular weight is 419 g/mol. The van der Waals surface area contributed by atoms with Gasteiger partial charge in [-0.2, -0.15) is 15.0 Å². The number of nitrogens with zero attached hydrogens (tertiary/aromatic N) is 5. The molecule has 2 heterocycles. The van der Waals surface area contributed by atoms with Gasteiger partial charge in [-0.3, -0.25) is 0 Å². The van der Waals surface area contributed by atoms with E-state index in [0.717, 1.165) is 34.5 Å². The summed E-state index contributed by atoms with van der Waals surface area (Å²) >= 11 is 3.02. The number of thioether (sulfide) groups is 1. The fourth-order valence-corrected chi connectivity index (χ4v) is 3.90. The van der Waals surface area contributed by atoms with E-state index in [1.807, 2.05) is 24.3 Å². The standard InChI is InChI=1S/C17H22N8OS2/c1-3-4-9-19-16-24-25-17(28-16)27-10-13-21-14(18)23-15(22-13)20-11-7-5-6-8-12(11)26-2/h5-8H,3-4,9-10H2,1-2H3,(H,19,24)(H3,18,20,21,22,23). The highest BCUT2D eigenvalue weighted by Crippen LogP contribution is 2.29. The second-order valence-corrected chi connectivity index (χ2v) is 7.90. The first-order chi connectivity index (χ1) is 13.7. The van der Waals surface area contributed by atoms with Crippen LogP contribution in [0.5, 0.6) is 5.75 Å². The van der Waals surface area contributed by atoms with Gasteiger partial charge in [0.2, 0.25) is 17.0 Å². The van der Waals surface area contributed by atoms with Crippen LogP contribution in [0.2, 0.25) is 0 Å². The molecule has 0 atom stereocenters. The molecule has 28 heavy (non-hydrogen) atoms. The number of anilines is 4. The Kier molecular flexibility index (Phi) is 7.20. The third-order valence-corrected chi connectivity index (χ3v) is 5.60. The summed E-state index contributed by atoms with van der Waals surface area (Å²) in [5.41, 5.74) is 6.60. The Labute approximate surface area is 171 Å². The van der Waals surface area contributed by atoms with E-state index in [1.165, 1.54) is 23.1 Å². The van der Waals surface area contributed by atoms with E-state index in [1.54, 1.807) is 7.11 Å². The van der Waals surface area contributed by atoms with E-state index < -0.39 is 0 Å². The molecule has 1 aromatic carbocycles. The molecule has 3 aromatic rings. The Hall–Kier alpha value is -2.66. The molecular formula is C17H22N8OS2. The summed E-state index contributed by atoms with van der Waals surface area (Å²) in [6.45, 7) is 3.05. The molecule has 0 aliphatic carbocycles.